The number of aromatic nitrogens is 4. The molecular formula is C20H18FN5O2. The first-order valence-electron chi connectivity index (χ1n) is 8.62. The number of fused-ring (bicyclic) bond motifs is 1. The molecule has 0 bridgehead atoms. The Morgan fingerprint density at radius 3 is 2.75 bits per heavy atom. The van der Waals surface area contributed by atoms with Crippen LogP contribution in [0.15, 0.2) is 54.9 Å². The molecule has 1 atom stereocenters. The Kier molecular flexibility index (Phi) is 4.52. The van der Waals surface area contributed by atoms with Crippen molar-refractivity contribution < 1.29 is 13.9 Å². The number of nitrogen functional groups attached to an aromatic ring is 1. The molecule has 0 spiro atoms. The lowest BCUT2D eigenvalue weighted by molar-refractivity contribution is 0.221. The Hall–Kier alpha value is -3.68. The Morgan fingerprint density at radius 1 is 1.14 bits per heavy atom. The van der Waals surface area contributed by atoms with Gasteiger partial charge in [0.05, 0.1) is 18.3 Å². The van der Waals surface area contributed by atoms with Gasteiger partial charge in [0.2, 0.25) is 5.88 Å². The molecule has 1 aromatic carbocycles. The van der Waals surface area contributed by atoms with Crippen molar-refractivity contribution in [1.29, 1.82) is 0 Å². The van der Waals surface area contributed by atoms with Crippen LogP contribution in [0.5, 0.6) is 11.6 Å². The highest BCUT2D eigenvalue weighted by molar-refractivity contribution is 5.82. The second-order valence-corrected chi connectivity index (χ2v) is 6.18. The second kappa shape index (κ2) is 7.15. The van der Waals surface area contributed by atoms with Crippen LogP contribution in [0.1, 0.15) is 18.7 Å². The van der Waals surface area contributed by atoms with E-state index in [2.05, 4.69) is 15.1 Å². The van der Waals surface area contributed by atoms with Crippen molar-refractivity contribution >= 4 is 16.7 Å². The lowest BCUT2D eigenvalue weighted by atomic mass is 10.2. The lowest BCUT2D eigenvalue weighted by Crippen LogP contribution is -2.12. The molecule has 0 saturated carbocycles. The summed E-state index contributed by atoms with van der Waals surface area (Å²) in [5, 5.41) is 4.86. The van der Waals surface area contributed by atoms with Crippen molar-refractivity contribution in [3.63, 3.8) is 0 Å². The highest BCUT2D eigenvalue weighted by atomic mass is 19.1. The number of nitrogens with zero attached hydrogens (tertiary/aromatic N) is 4. The van der Waals surface area contributed by atoms with E-state index in [0.717, 1.165) is 5.69 Å². The number of hydrogen-bond donors (Lipinski definition) is 1. The summed E-state index contributed by atoms with van der Waals surface area (Å²) < 4.78 is 26.5. The van der Waals surface area contributed by atoms with Crippen LogP contribution in [0.25, 0.3) is 16.6 Å². The fourth-order valence-corrected chi connectivity index (χ4v) is 2.95. The fraction of sp³-hybridized carbons (Fsp3) is 0.150. The van der Waals surface area contributed by atoms with Gasteiger partial charge in [0.25, 0.3) is 0 Å². The molecule has 8 heteroatoms. The molecule has 4 aromatic rings. The molecule has 28 heavy (non-hydrogen) atoms. The van der Waals surface area contributed by atoms with E-state index in [0.29, 0.717) is 28.2 Å². The van der Waals surface area contributed by atoms with Gasteiger partial charge < -0.3 is 15.2 Å². The molecule has 3 heterocycles. The number of rotatable bonds is 5. The Morgan fingerprint density at radius 2 is 2.00 bits per heavy atom. The molecule has 3 aromatic heterocycles. The number of hydrogen-bond acceptors (Lipinski definition) is 6. The van der Waals surface area contributed by atoms with Gasteiger partial charge in [-0.15, -0.1) is 0 Å². The first-order chi connectivity index (χ1) is 13.5. The van der Waals surface area contributed by atoms with Crippen LogP contribution in [-0.2, 0) is 0 Å². The molecule has 0 aliphatic rings. The molecule has 2 N–H and O–H groups in total. The summed E-state index contributed by atoms with van der Waals surface area (Å²) in [6.07, 6.45) is 3.00. The molecule has 0 aliphatic carbocycles. The van der Waals surface area contributed by atoms with Gasteiger partial charge in [-0.05, 0) is 43.3 Å². The van der Waals surface area contributed by atoms with Gasteiger partial charge in [0.15, 0.2) is 11.6 Å². The van der Waals surface area contributed by atoms with Crippen molar-refractivity contribution in [2.45, 2.75) is 13.0 Å². The van der Waals surface area contributed by atoms with Crippen molar-refractivity contribution in [1.82, 2.24) is 19.7 Å². The second-order valence-electron chi connectivity index (χ2n) is 6.18. The van der Waals surface area contributed by atoms with E-state index in [9.17, 15) is 4.39 Å². The summed E-state index contributed by atoms with van der Waals surface area (Å²) >= 11 is 0. The zero-order chi connectivity index (χ0) is 19.7. The number of pyridine rings is 2. The predicted octanol–water partition coefficient (Wildman–Crippen LogP) is 3.69. The largest absolute Gasteiger partial charge is 0.481 e. The van der Waals surface area contributed by atoms with E-state index in [4.69, 9.17) is 15.2 Å². The van der Waals surface area contributed by atoms with Crippen molar-refractivity contribution in [2.24, 2.45) is 0 Å². The molecule has 142 valence electrons. The van der Waals surface area contributed by atoms with Crippen LogP contribution in [0, 0.1) is 5.82 Å². The van der Waals surface area contributed by atoms with Crippen LogP contribution >= 0.6 is 0 Å². The summed E-state index contributed by atoms with van der Waals surface area (Å²) in [5.41, 5.74) is 8.00. The average Bonchev–Trinajstić information content (AvgIpc) is 3.23. The van der Waals surface area contributed by atoms with Crippen LogP contribution < -0.4 is 15.2 Å². The smallest absolute Gasteiger partial charge is 0.213 e. The number of nitrogens with two attached hydrogens (primary N) is 1. The number of benzene rings is 1. The maximum atomic E-state index is 13.6. The van der Waals surface area contributed by atoms with Crippen LogP contribution in [0.2, 0.25) is 0 Å². The van der Waals surface area contributed by atoms with Gasteiger partial charge in [0, 0.05) is 23.8 Å². The standard InChI is InChI=1S/C20H18FN5O2/c1-12(19-16(26-9-3-8-23-26)6-7-18(25-19)27-2)28-17-11-13-10-14(21)4-5-15(13)24-20(17)22/h3-12H,1-2H3,(H2,22,24)/t12-/m0/s1. The van der Waals surface area contributed by atoms with Gasteiger partial charge in [-0.25, -0.2) is 19.0 Å². The third kappa shape index (κ3) is 3.32. The Bertz CT molecular complexity index is 1130. The first kappa shape index (κ1) is 17.7. The summed E-state index contributed by atoms with van der Waals surface area (Å²) in [7, 11) is 1.55. The van der Waals surface area contributed by atoms with E-state index >= 15 is 0 Å². The van der Waals surface area contributed by atoms with E-state index in [1.165, 1.54) is 12.1 Å². The summed E-state index contributed by atoms with van der Waals surface area (Å²) in [5.74, 6) is 0.665. The fourth-order valence-electron chi connectivity index (χ4n) is 2.95. The molecule has 0 saturated heterocycles. The van der Waals surface area contributed by atoms with Crippen LogP contribution in [0.4, 0.5) is 10.2 Å². The summed E-state index contributed by atoms with van der Waals surface area (Å²) in [6.45, 7) is 1.84. The van der Waals surface area contributed by atoms with E-state index in [1.807, 2.05) is 25.3 Å². The predicted molar refractivity (Wildman–Crippen MR) is 103 cm³/mol. The molecule has 0 aliphatic heterocycles. The van der Waals surface area contributed by atoms with Crippen molar-refractivity contribution in [3.05, 3.63) is 66.4 Å². The van der Waals surface area contributed by atoms with E-state index < -0.39 is 6.10 Å². The minimum atomic E-state index is -0.496. The minimum absolute atomic E-state index is 0.217. The average molecular weight is 379 g/mol. The zero-order valence-corrected chi connectivity index (χ0v) is 15.3. The number of anilines is 1. The molecule has 7 nitrogen and oxygen atoms in total. The minimum Gasteiger partial charge on any atom is -0.481 e. The Labute approximate surface area is 160 Å². The van der Waals surface area contributed by atoms with Crippen LogP contribution in [-0.4, -0.2) is 26.9 Å². The molecule has 0 unspecified atom stereocenters. The Balaban J connectivity index is 1.73. The zero-order valence-electron chi connectivity index (χ0n) is 15.3. The van der Waals surface area contributed by atoms with Gasteiger partial charge in [-0.2, -0.15) is 5.10 Å². The van der Waals surface area contributed by atoms with Crippen molar-refractivity contribution in [3.8, 4) is 17.3 Å². The lowest BCUT2D eigenvalue weighted by Gasteiger charge is -2.19. The summed E-state index contributed by atoms with van der Waals surface area (Å²) in [6, 6.07) is 11.4. The molecule has 0 radical (unpaired) electrons. The topological polar surface area (TPSA) is 88.1 Å². The SMILES string of the molecule is COc1ccc(-n2cccn2)c([C@H](C)Oc2cc3cc(F)ccc3nc2N)n1. The van der Waals surface area contributed by atoms with Crippen molar-refractivity contribution in [2.75, 3.05) is 12.8 Å². The summed E-state index contributed by atoms with van der Waals surface area (Å²) in [4.78, 5) is 8.81. The molecular weight excluding hydrogens is 361 g/mol. The third-order valence-corrected chi connectivity index (χ3v) is 4.30. The van der Waals surface area contributed by atoms with E-state index in [1.54, 1.807) is 36.2 Å². The maximum Gasteiger partial charge on any atom is 0.213 e. The van der Waals surface area contributed by atoms with Gasteiger partial charge >= 0.3 is 0 Å². The highest BCUT2D eigenvalue weighted by Gasteiger charge is 2.19. The van der Waals surface area contributed by atoms with Crippen LogP contribution in [0.3, 0.4) is 0 Å². The number of halogens is 1. The third-order valence-electron chi connectivity index (χ3n) is 4.30. The molecule has 0 fully saturated rings. The normalized spacial score (nSPS) is 12.1. The maximum absolute atomic E-state index is 13.6. The molecule has 4 rings (SSSR count). The number of methoxy groups -OCH3 is 1. The monoisotopic (exact) mass is 379 g/mol. The van der Waals surface area contributed by atoms with Gasteiger partial charge in [-0.3, -0.25) is 0 Å². The van der Waals surface area contributed by atoms with Gasteiger partial charge in [-0.1, -0.05) is 0 Å². The molecule has 0 amide bonds. The van der Waals surface area contributed by atoms with E-state index in [-0.39, 0.29) is 11.6 Å². The first-order valence-corrected chi connectivity index (χ1v) is 8.62. The highest BCUT2D eigenvalue weighted by Crippen LogP contribution is 2.31. The quantitative estimate of drug-likeness (QED) is 0.569. The van der Waals surface area contributed by atoms with Gasteiger partial charge in [0.1, 0.15) is 17.6 Å². The number of ether oxygens (including phenoxy) is 2.